The molecule has 8 nitrogen and oxygen atoms in total. The summed E-state index contributed by atoms with van der Waals surface area (Å²) in [4.78, 5) is 24.5. The first kappa shape index (κ1) is 23.2. The van der Waals surface area contributed by atoms with Crippen LogP contribution < -0.4 is 10.2 Å². The van der Waals surface area contributed by atoms with E-state index in [0.717, 1.165) is 39.2 Å². The fourth-order valence-electron chi connectivity index (χ4n) is 4.76. The van der Waals surface area contributed by atoms with E-state index in [1.807, 2.05) is 40.6 Å². The Bertz CT molecular complexity index is 1470. The Morgan fingerprint density at radius 2 is 1.97 bits per heavy atom. The maximum atomic E-state index is 14.1. The zero-order valence-electron chi connectivity index (χ0n) is 19.9. The first-order valence-electron chi connectivity index (χ1n) is 12.1. The van der Waals surface area contributed by atoms with Crippen LogP contribution in [0.5, 0.6) is 0 Å². The molecule has 1 atom stereocenters. The molecule has 184 valence electrons. The van der Waals surface area contributed by atoms with Crippen molar-refractivity contribution in [3.63, 3.8) is 0 Å². The zero-order chi connectivity index (χ0) is 25.0. The van der Waals surface area contributed by atoms with Crippen molar-refractivity contribution in [2.75, 3.05) is 11.4 Å². The topological polar surface area (TPSA) is 97.0 Å². The number of hydrogen-bond acceptors (Lipinski definition) is 8. The molecule has 0 saturated heterocycles. The molecule has 0 bridgehead atoms. The van der Waals surface area contributed by atoms with Gasteiger partial charge in [0.05, 0.1) is 17.2 Å². The Morgan fingerprint density at radius 1 is 1.11 bits per heavy atom. The van der Waals surface area contributed by atoms with Crippen LogP contribution in [0.3, 0.4) is 0 Å². The fourth-order valence-corrected chi connectivity index (χ4v) is 5.32. The zero-order valence-corrected chi connectivity index (χ0v) is 20.8. The van der Waals surface area contributed by atoms with Crippen molar-refractivity contribution in [3.05, 3.63) is 101 Å². The molecule has 1 aliphatic heterocycles. The van der Waals surface area contributed by atoms with Gasteiger partial charge in [-0.1, -0.05) is 30.3 Å². The second-order valence-electron chi connectivity index (χ2n) is 8.84. The molecule has 0 spiro atoms. The number of carbonyl (C=O) groups is 1. The quantitative estimate of drug-likeness (QED) is 0.329. The van der Waals surface area contributed by atoms with E-state index in [9.17, 15) is 4.79 Å². The van der Waals surface area contributed by atoms with Crippen molar-refractivity contribution in [1.29, 1.82) is 0 Å². The number of hydrogen-bond donors (Lipinski definition) is 1. The number of amides is 1. The molecular weight excluding hydrogens is 484 g/mol. The van der Waals surface area contributed by atoms with Gasteiger partial charge in [-0.25, -0.2) is 4.98 Å². The van der Waals surface area contributed by atoms with Crippen molar-refractivity contribution in [3.8, 4) is 22.6 Å². The highest BCUT2D eigenvalue weighted by atomic mass is 32.1. The van der Waals surface area contributed by atoms with Crippen LogP contribution in [0.4, 0.5) is 5.69 Å². The van der Waals surface area contributed by atoms with E-state index < -0.39 is 6.04 Å². The number of fused-ring (bicyclic) bond motifs is 1. The molecule has 3 aromatic heterocycles. The molecule has 0 fully saturated rings. The van der Waals surface area contributed by atoms with Gasteiger partial charge in [-0.05, 0) is 59.4 Å². The molecule has 0 radical (unpaired) electrons. The Hall–Kier alpha value is -4.21. The minimum atomic E-state index is -0.411. The molecule has 5 aromatic rings. The Balaban J connectivity index is 1.37. The van der Waals surface area contributed by atoms with Crippen LogP contribution in [0.25, 0.3) is 22.6 Å². The molecule has 2 aromatic carbocycles. The number of rotatable bonds is 8. The highest BCUT2D eigenvalue weighted by Gasteiger charge is 2.33. The van der Waals surface area contributed by atoms with Crippen LogP contribution in [-0.4, -0.2) is 38.7 Å². The minimum Gasteiger partial charge on any atom is -0.423 e. The highest BCUT2D eigenvalue weighted by molar-refractivity contribution is 7.07. The molecule has 0 unspecified atom stereocenters. The SMILES string of the molecule is O=C([C@H](Cc1ccccc1)NCc1cscn1)N1CCc2c(-c3nnco3)cc(-c3ccncc3)cc21. The third-order valence-corrected chi connectivity index (χ3v) is 7.20. The summed E-state index contributed by atoms with van der Waals surface area (Å²) < 4.78 is 5.58. The molecule has 1 amide bonds. The lowest BCUT2D eigenvalue weighted by molar-refractivity contribution is -0.120. The van der Waals surface area contributed by atoms with E-state index in [2.05, 4.69) is 49.7 Å². The Labute approximate surface area is 218 Å². The predicted octanol–water partition coefficient (Wildman–Crippen LogP) is 4.55. The number of carbonyl (C=O) groups excluding carboxylic acids is 1. The van der Waals surface area contributed by atoms with Crippen LogP contribution in [0.2, 0.25) is 0 Å². The maximum absolute atomic E-state index is 14.1. The number of nitrogens with one attached hydrogen (secondary N) is 1. The van der Waals surface area contributed by atoms with Crippen molar-refractivity contribution >= 4 is 22.9 Å². The summed E-state index contributed by atoms with van der Waals surface area (Å²) in [5, 5.41) is 13.5. The van der Waals surface area contributed by atoms with E-state index in [1.54, 1.807) is 29.2 Å². The smallest absolute Gasteiger partial charge is 0.247 e. The standard InChI is InChI=1S/C28H24N6O2S/c35-28(25(12-19-4-2-1-3-5-19)30-15-22-16-37-18-31-22)34-11-8-23-24(27-33-32-17-36-27)13-21(14-26(23)34)20-6-9-29-10-7-20/h1-7,9-10,13-14,16-18,25,30H,8,11-12,15H2/t25-/m0/s1. The molecule has 9 heteroatoms. The molecule has 1 aliphatic rings. The van der Waals surface area contributed by atoms with E-state index in [0.29, 0.717) is 31.8 Å². The lowest BCUT2D eigenvalue weighted by Crippen LogP contribution is -2.47. The van der Waals surface area contributed by atoms with E-state index in [1.165, 1.54) is 6.39 Å². The fraction of sp³-hybridized carbons (Fsp3) is 0.179. The second kappa shape index (κ2) is 10.4. The molecule has 0 saturated carbocycles. The number of aromatic nitrogens is 4. The van der Waals surface area contributed by atoms with Gasteiger partial charge in [-0.2, -0.15) is 0 Å². The first-order valence-corrected chi connectivity index (χ1v) is 13.0. The lowest BCUT2D eigenvalue weighted by Gasteiger charge is -2.25. The number of anilines is 1. The normalized spacial score (nSPS) is 13.5. The summed E-state index contributed by atoms with van der Waals surface area (Å²) in [5.74, 6) is 0.477. The first-order chi connectivity index (χ1) is 18.3. The number of nitrogens with zero attached hydrogens (tertiary/aromatic N) is 5. The molecule has 0 aliphatic carbocycles. The van der Waals surface area contributed by atoms with Crippen molar-refractivity contribution in [1.82, 2.24) is 25.5 Å². The van der Waals surface area contributed by atoms with Crippen LogP contribution in [0.15, 0.2) is 88.7 Å². The van der Waals surface area contributed by atoms with Gasteiger partial charge in [0.25, 0.3) is 0 Å². The summed E-state index contributed by atoms with van der Waals surface area (Å²) in [7, 11) is 0. The Morgan fingerprint density at radius 3 is 2.73 bits per heavy atom. The van der Waals surface area contributed by atoms with Crippen LogP contribution >= 0.6 is 11.3 Å². The molecular formula is C28H24N6O2S. The number of pyridine rings is 1. The van der Waals surface area contributed by atoms with Gasteiger partial charge in [0.15, 0.2) is 0 Å². The molecule has 37 heavy (non-hydrogen) atoms. The Kier molecular flexibility index (Phi) is 6.53. The average Bonchev–Trinajstić information content (AvgIpc) is 3.73. The third kappa shape index (κ3) is 4.91. The van der Waals surface area contributed by atoms with E-state index >= 15 is 0 Å². The van der Waals surface area contributed by atoms with Crippen molar-refractivity contribution < 1.29 is 9.21 Å². The van der Waals surface area contributed by atoms with Gasteiger partial charge in [0.2, 0.25) is 18.2 Å². The average molecular weight is 509 g/mol. The summed E-state index contributed by atoms with van der Waals surface area (Å²) in [5.41, 5.74) is 8.56. The third-order valence-electron chi connectivity index (χ3n) is 6.57. The number of benzene rings is 2. The largest absolute Gasteiger partial charge is 0.423 e. The van der Waals surface area contributed by atoms with Gasteiger partial charge in [0.1, 0.15) is 0 Å². The van der Waals surface area contributed by atoms with Gasteiger partial charge >= 0.3 is 0 Å². The van der Waals surface area contributed by atoms with Gasteiger partial charge in [0, 0.05) is 42.1 Å². The van der Waals surface area contributed by atoms with Crippen molar-refractivity contribution in [2.45, 2.75) is 25.4 Å². The summed E-state index contributed by atoms with van der Waals surface area (Å²) >= 11 is 1.55. The second-order valence-corrected chi connectivity index (χ2v) is 9.56. The molecule has 6 rings (SSSR count). The molecule has 1 N–H and O–H groups in total. The predicted molar refractivity (Wildman–Crippen MR) is 142 cm³/mol. The minimum absolute atomic E-state index is 0.0289. The van der Waals surface area contributed by atoms with Crippen LogP contribution in [0, 0.1) is 0 Å². The monoisotopic (exact) mass is 508 g/mol. The molecule has 4 heterocycles. The number of thiazole rings is 1. The van der Waals surface area contributed by atoms with Gasteiger partial charge in [-0.3, -0.25) is 15.1 Å². The van der Waals surface area contributed by atoms with Crippen LogP contribution in [-0.2, 0) is 24.2 Å². The summed E-state index contributed by atoms with van der Waals surface area (Å²) in [6.07, 6.45) is 6.14. The maximum Gasteiger partial charge on any atom is 0.247 e. The van der Waals surface area contributed by atoms with Crippen molar-refractivity contribution in [2.24, 2.45) is 0 Å². The summed E-state index contributed by atoms with van der Waals surface area (Å²) in [6.45, 7) is 1.11. The lowest BCUT2D eigenvalue weighted by atomic mass is 9.97. The van der Waals surface area contributed by atoms with E-state index in [4.69, 9.17) is 4.42 Å². The van der Waals surface area contributed by atoms with E-state index in [-0.39, 0.29) is 5.91 Å². The highest BCUT2D eigenvalue weighted by Crippen LogP contribution is 2.40. The van der Waals surface area contributed by atoms with Gasteiger partial charge < -0.3 is 9.32 Å². The van der Waals surface area contributed by atoms with Gasteiger partial charge in [-0.15, -0.1) is 21.5 Å². The summed E-state index contributed by atoms with van der Waals surface area (Å²) in [6, 6.07) is 17.7. The van der Waals surface area contributed by atoms with Crippen LogP contribution in [0.1, 0.15) is 16.8 Å².